The van der Waals surface area contributed by atoms with Crippen LogP contribution in [0.5, 0.6) is 0 Å². The summed E-state index contributed by atoms with van der Waals surface area (Å²) in [6.45, 7) is -0.618. The fraction of sp³-hybridized carbons (Fsp3) is 0.692. The molecule has 0 radical (unpaired) electrons. The lowest BCUT2D eigenvalue weighted by Crippen LogP contribution is -2.49. The van der Waals surface area contributed by atoms with E-state index in [4.69, 9.17) is 18.9 Å². The van der Waals surface area contributed by atoms with Crippen molar-refractivity contribution in [3.63, 3.8) is 0 Å². The van der Waals surface area contributed by atoms with Crippen LogP contribution in [0.25, 0.3) is 0 Å². The van der Waals surface area contributed by atoms with E-state index in [0.29, 0.717) is 0 Å². The Bertz CT molecular complexity index is 780. The van der Waals surface area contributed by atoms with Crippen molar-refractivity contribution in [2.45, 2.75) is 42.5 Å². The normalized spacial score (nSPS) is 47.4. The summed E-state index contributed by atoms with van der Waals surface area (Å²) in [5.74, 6) is 0. The summed E-state index contributed by atoms with van der Waals surface area (Å²) in [5, 5.41) is 10.2. The Balaban J connectivity index is 1.85. The van der Waals surface area contributed by atoms with Crippen LogP contribution in [0.1, 0.15) is 13.2 Å². The maximum atomic E-state index is 13.7. The van der Waals surface area contributed by atoms with Crippen LogP contribution in [0.3, 0.4) is 0 Å². The van der Waals surface area contributed by atoms with Gasteiger partial charge in [0.15, 0.2) is 23.0 Å². The molecule has 3 fully saturated rings. The number of hydrogen-bond donors (Lipinski definition) is 2. The molecule has 0 bridgehead atoms. The maximum Gasteiger partial charge on any atom is 0.330 e. The van der Waals surface area contributed by atoms with Gasteiger partial charge in [-0.2, -0.15) is 0 Å². The second-order valence-corrected chi connectivity index (χ2v) is 6.02. The number of aromatic nitrogens is 2. The smallest absolute Gasteiger partial charge is 0.330 e. The monoisotopic (exact) mass is 330 g/mol. The average molecular weight is 330 g/mol. The minimum Gasteiger partial charge on any atom is -0.387 e. The van der Waals surface area contributed by atoms with Gasteiger partial charge in [0, 0.05) is 19.4 Å². The Labute approximate surface area is 128 Å². The molecule has 1 aliphatic carbocycles. The summed E-state index contributed by atoms with van der Waals surface area (Å²) >= 11 is 0. The van der Waals surface area contributed by atoms with Crippen LogP contribution in [-0.2, 0) is 18.9 Å². The molecule has 2 N–H and O–H groups in total. The number of nitrogens with zero attached hydrogens (tertiary/aromatic N) is 1. The molecule has 4 rings (SSSR count). The second-order valence-electron chi connectivity index (χ2n) is 6.02. The number of aliphatic hydroxyl groups is 1. The highest BCUT2D eigenvalue weighted by atomic mass is 19.1. The first-order valence-electron chi connectivity index (χ1n) is 6.98. The number of methoxy groups -OCH3 is 1. The SMILES string of the molecule is COC1O[C@]23C(O)[C@@]2(CF)O[C@@H](n2ccc(=O)[nH]c2=O)[C@]3(C)O1. The third-order valence-corrected chi connectivity index (χ3v) is 5.02. The van der Waals surface area contributed by atoms with Gasteiger partial charge in [-0.3, -0.25) is 14.3 Å². The van der Waals surface area contributed by atoms with Gasteiger partial charge in [-0.15, -0.1) is 0 Å². The highest BCUT2D eigenvalue weighted by molar-refractivity contribution is 5.42. The van der Waals surface area contributed by atoms with E-state index in [0.717, 1.165) is 10.6 Å². The van der Waals surface area contributed by atoms with Crippen molar-refractivity contribution in [1.29, 1.82) is 0 Å². The summed E-state index contributed by atoms with van der Waals surface area (Å²) in [7, 11) is 1.33. The topological polar surface area (TPSA) is 112 Å². The predicted molar refractivity (Wildman–Crippen MR) is 70.3 cm³/mol. The van der Waals surface area contributed by atoms with Crippen LogP contribution in [-0.4, -0.2) is 57.8 Å². The average Bonchev–Trinajstić information content (AvgIpc) is 2.77. The zero-order valence-electron chi connectivity index (χ0n) is 12.3. The molecule has 3 aliphatic rings. The molecule has 1 spiro atoms. The molecule has 0 aromatic carbocycles. The fourth-order valence-corrected chi connectivity index (χ4v) is 3.84. The molecular weight excluding hydrogens is 315 g/mol. The fourth-order valence-electron chi connectivity index (χ4n) is 3.84. The summed E-state index contributed by atoms with van der Waals surface area (Å²) < 4.78 is 36.6. The number of halogens is 1. The van der Waals surface area contributed by atoms with Gasteiger partial charge in [0.2, 0.25) is 0 Å². The van der Waals surface area contributed by atoms with Crippen LogP contribution in [0.2, 0.25) is 0 Å². The van der Waals surface area contributed by atoms with E-state index in [1.54, 1.807) is 6.92 Å². The highest BCUT2D eigenvalue weighted by Crippen LogP contribution is 2.73. The van der Waals surface area contributed by atoms with Crippen molar-refractivity contribution in [2.75, 3.05) is 13.8 Å². The standard InChI is InChI=1S/C13H15FN2O7/c1-11-8(16-4-3-6(17)15-9(16)19)21-12(5-14)7(18)13(11,12)23-10(20-2)22-11/h3-4,7-8,10,18H,5H2,1-2H3,(H,15,17,19)/t7?,8-,10?,11+,12-,13+/m1/s1. The number of alkyl halides is 1. The molecule has 23 heavy (non-hydrogen) atoms. The lowest BCUT2D eigenvalue weighted by molar-refractivity contribution is -0.269. The summed E-state index contributed by atoms with van der Waals surface area (Å²) in [5.41, 5.74) is -5.84. The third-order valence-electron chi connectivity index (χ3n) is 5.02. The molecule has 2 saturated heterocycles. The van der Waals surface area contributed by atoms with E-state index in [9.17, 15) is 19.1 Å². The molecule has 6 atom stereocenters. The number of nitrogens with one attached hydrogen (secondary N) is 1. The molecule has 1 aromatic heterocycles. The van der Waals surface area contributed by atoms with Crippen molar-refractivity contribution in [2.24, 2.45) is 0 Å². The lowest BCUT2D eigenvalue weighted by atomic mass is 9.94. The van der Waals surface area contributed by atoms with Crippen LogP contribution in [0.4, 0.5) is 4.39 Å². The second kappa shape index (κ2) is 4.28. The minimum absolute atomic E-state index is 0.576. The van der Waals surface area contributed by atoms with Gasteiger partial charge in [-0.05, 0) is 6.92 Å². The molecule has 9 nitrogen and oxygen atoms in total. The Morgan fingerprint density at radius 2 is 2.17 bits per heavy atom. The van der Waals surface area contributed by atoms with Crippen LogP contribution in [0, 0.1) is 0 Å². The lowest BCUT2D eigenvalue weighted by Gasteiger charge is -2.32. The highest BCUT2D eigenvalue weighted by Gasteiger charge is 2.96. The van der Waals surface area contributed by atoms with Crippen LogP contribution in [0.15, 0.2) is 21.9 Å². The van der Waals surface area contributed by atoms with Crippen molar-refractivity contribution in [1.82, 2.24) is 9.55 Å². The zero-order valence-corrected chi connectivity index (χ0v) is 12.3. The van der Waals surface area contributed by atoms with Gasteiger partial charge in [0.05, 0.1) is 0 Å². The Kier molecular flexibility index (Phi) is 2.78. The van der Waals surface area contributed by atoms with Gasteiger partial charge in [-0.25, -0.2) is 9.18 Å². The third kappa shape index (κ3) is 1.44. The first-order valence-corrected chi connectivity index (χ1v) is 6.98. The van der Waals surface area contributed by atoms with E-state index in [-0.39, 0.29) is 0 Å². The van der Waals surface area contributed by atoms with E-state index in [1.807, 2.05) is 0 Å². The first-order chi connectivity index (χ1) is 10.9. The minimum atomic E-state index is -1.64. The Morgan fingerprint density at radius 1 is 1.43 bits per heavy atom. The van der Waals surface area contributed by atoms with E-state index in [1.165, 1.54) is 13.3 Å². The maximum absolute atomic E-state index is 13.7. The first kappa shape index (κ1) is 15.0. The molecule has 10 heteroatoms. The van der Waals surface area contributed by atoms with Crippen molar-refractivity contribution < 1.29 is 28.4 Å². The number of rotatable bonds is 3. The molecular formula is C13H15FN2O7. The molecule has 2 aliphatic heterocycles. The summed E-state index contributed by atoms with van der Waals surface area (Å²) in [6.07, 6.45) is -1.15. The number of ether oxygens (including phenoxy) is 4. The summed E-state index contributed by atoms with van der Waals surface area (Å²) in [6, 6.07) is 1.13. The van der Waals surface area contributed by atoms with Gasteiger partial charge >= 0.3 is 5.69 Å². The van der Waals surface area contributed by atoms with Crippen molar-refractivity contribution >= 4 is 0 Å². The molecule has 2 unspecified atom stereocenters. The van der Waals surface area contributed by atoms with E-state index < -0.39 is 53.5 Å². The number of hydrogen-bond acceptors (Lipinski definition) is 7. The zero-order chi connectivity index (χ0) is 16.6. The van der Waals surface area contributed by atoms with E-state index in [2.05, 4.69) is 4.98 Å². The number of aromatic amines is 1. The molecule has 1 aromatic rings. The molecule has 126 valence electrons. The molecule has 1 saturated carbocycles. The van der Waals surface area contributed by atoms with Gasteiger partial charge in [-0.1, -0.05) is 0 Å². The molecule has 0 amide bonds. The van der Waals surface area contributed by atoms with Gasteiger partial charge < -0.3 is 24.1 Å². The Hall–Kier alpha value is -1.59. The number of H-pyrrole nitrogens is 1. The van der Waals surface area contributed by atoms with Gasteiger partial charge in [0.25, 0.3) is 12.0 Å². The quantitative estimate of drug-likeness (QED) is 0.702. The van der Waals surface area contributed by atoms with E-state index >= 15 is 0 Å². The Morgan fingerprint density at radius 3 is 2.78 bits per heavy atom. The van der Waals surface area contributed by atoms with Crippen LogP contribution < -0.4 is 11.2 Å². The molecule has 3 heterocycles. The van der Waals surface area contributed by atoms with Gasteiger partial charge in [0.1, 0.15) is 12.8 Å². The largest absolute Gasteiger partial charge is 0.387 e. The van der Waals surface area contributed by atoms with Crippen LogP contribution >= 0.6 is 0 Å². The summed E-state index contributed by atoms with van der Waals surface area (Å²) in [4.78, 5) is 25.4. The van der Waals surface area contributed by atoms with Crippen molar-refractivity contribution in [3.05, 3.63) is 33.1 Å². The van der Waals surface area contributed by atoms with Crippen molar-refractivity contribution in [3.8, 4) is 0 Å². The number of aliphatic hydroxyl groups excluding tert-OH is 1. The predicted octanol–water partition coefficient (Wildman–Crippen LogP) is -1.38.